The summed E-state index contributed by atoms with van der Waals surface area (Å²) in [5, 5.41) is 11.8. The van der Waals surface area contributed by atoms with Crippen molar-refractivity contribution in [2.75, 3.05) is 36.0 Å². The van der Waals surface area contributed by atoms with Gasteiger partial charge >= 0.3 is 0 Å². The molecule has 6 heteroatoms. The minimum atomic E-state index is 0.117. The number of piperazine rings is 1. The summed E-state index contributed by atoms with van der Waals surface area (Å²) in [6.45, 7) is 12.4. The van der Waals surface area contributed by atoms with Gasteiger partial charge in [0.25, 0.3) is 0 Å². The molecule has 1 aliphatic rings. The van der Waals surface area contributed by atoms with Gasteiger partial charge in [-0.25, -0.2) is 4.98 Å². The molecule has 0 atom stereocenters. The van der Waals surface area contributed by atoms with E-state index in [1.807, 2.05) is 30.7 Å². The Bertz CT molecular complexity index is 1270. The maximum absolute atomic E-state index is 4.75. The SMILES string of the molecule is Cc1ccc2c(Cc3ccncc3)nnc(N3CCN(c4ccc(C(C)(C)C)cn4)CC3)c2c1. The van der Waals surface area contributed by atoms with Crippen LogP contribution in [-0.2, 0) is 11.8 Å². The Kier molecular flexibility index (Phi) is 5.90. The van der Waals surface area contributed by atoms with Gasteiger partial charge in [0.2, 0.25) is 0 Å². The molecule has 3 aromatic heterocycles. The molecule has 1 fully saturated rings. The molecule has 0 amide bonds. The summed E-state index contributed by atoms with van der Waals surface area (Å²) in [6.07, 6.45) is 6.42. The first-order chi connectivity index (χ1) is 16.4. The molecule has 34 heavy (non-hydrogen) atoms. The summed E-state index contributed by atoms with van der Waals surface area (Å²) in [5.41, 5.74) is 4.81. The molecule has 0 saturated carbocycles. The third-order valence-corrected chi connectivity index (χ3v) is 6.63. The molecule has 6 nitrogen and oxygen atoms in total. The number of rotatable bonds is 4. The van der Waals surface area contributed by atoms with Gasteiger partial charge in [-0.05, 0) is 47.7 Å². The number of anilines is 2. The molecule has 5 rings (SSSR count). The molecule has 0 bridgehead atoms. The minimum absolute atomic E-state index is 0.117. The van der Waals surface area contributed by atoms with E-state index in [0.717, 1.165) is 49.9 Å². The second kappa shape index (κ2) is 9.01. The number of aromatic nitrogens is 4. The number of nitrogens with zero attached hydrogens (tertiary/aromatic N) is 6. The average molecular weight is 453 g/mol. The van der Waals surface area contributed by atoms with Crippen LogP contribution in [0.2, 0.25) is 0 Å². The highest BCUT2D eigenvalue weighted by Crippen LogP contribution is 2.30. The second-order valence-corrected chi connectivity index (χ2v) is 10.2. The lowest BCUT2D eigenvalue weighted by atomic mass is 9.88. The third-order valence-electron chi connectivity index (χ3n) is 6.63. The Hall–Kier alpha value is -3.54. The normalized spacial score (nSPS) is 14.6. The predicted molar refractivity (Wildman–Crippen MR) is 139 cm³/mol. The van der Waals surface area contributed by atoms with Gasteiger partial charge in [0.1, 0.15) is 5.82 Å². The highest BCUT2D eigenvalue weighted by atomic mass is 15.3. The van der Waals surface area contributed by atoms with E-state index < -0.39 is 0 Å². The highest BCUT2D eigenvalue weighted by molar-refractivity contribution is 5.94. The fourth-order valence-electron chi connectivity index (χ4n) is 4.53. The second-order valence-electron chi connectivity index (χ2n) is 10.2. The Labute approximate surface area is 201 Å². The van der Waals surface area contributed by atoms with E-state index in [4.69, 9.17) is 10.1 Å². The number of hydrogen-bond acceptors (Lipinski definition) is 6. The van der Waals surface area contributed by atoms with Crippen LogP contribution in [0.15, 0.2) is 61.1 Å². The number of benzene rings is 1. The van der Waals surface area contributed by atoms with Crippen molar-refractivity contribution in [1.29, 1.82) is 0 Å². The van der Waals surface area contributed by atoms with Crippen molar-refractivity contribution in [3.05, 3.63) is 83.4 Å². The standard InChI is InChI=1S/C28H32N6/c1-20-5-7-23-24(17-20)27(32-31-25(23)18-21-9-11-29-12-10-21)34-15-13-33(14-16-34)26-8-6-22(19-30-26)28(2,3)4/h5-12,17,19H,13-16,18H2,1-4H3. The zero-order chi connectivity index (χ0) is 23.7. The number of pyridine rings is 2. The molecular weight excluding hydrogens is 420 g/mol. The summed E-state index contributed by atoms with van der Waals surface area (Å²) in [6, 6.07) is 15.0. The summed E-state index contributed by atoms with van der Waals surface area (Å²) in [5.74, 6) is 2.03. The molecule has 1 aromatic carbocycles. The highest BCUT2D eigenvalue weighted by Gasteiger charge is 2.23. The summed E-state index contributed by atoms with van der Waals surface area (Å²) >= 11 is 0. The maximum atomic E-state index is 4.75. The fraction of sp³-hybridized carbons (Fsp3) is 0.357. The Morgan fingerprint density at radius 2 is 1.56 bits per heavy atom. The lowest BCUT2D eigenvalue weighted by Gasteiger charge is -2.36. The Morgan fingerprint density at radius 1 is 0.824 bits per heavy atom. The first-order valence-corrected chi connectivity index (χ1v) is 12.0. The average Bonchev–Trinajstić information content (AvgIpc) is 2.84. The van der Waals surface area contributed by atoms with Crippen molar-refractivity contribution in [2.24, 2.45) is 0 Å². The van der Waals surface area contributed by atoms with Crippen LogP contribution in [0.3, 0.4) is 0 Å². The van der Waals surface area contributed by atoms with Crippen LogP contribution < -0.4 is 9.80 Å². The molecule has 0 radical (unpaired) electrons. The van der Waals surface area contributed by atoms with Crippen LogP contribution in [0.5, 0.6) is 0 Å². The lowest BCUT2D eigenvalue weighted by Crippen LogP contribution is -2.47. The number of hydrogen-bond donors (Lipinski definition) is 0. The van der Waals surface area contributed by atoms with Crippen LogP contribution in [0.1, 0.15) is 43.2 Å². The van der Waals surface area contributed by atoms with Crippen LogP contribution in [0.4, 0.5) is 11.6 Å². The van der Waals surface area contributed by atoms with Gasteiger partial charge in [0.05, 0.1) is 5.69 Å². The van der Waals surface area contributed by atoms with E-state index in [1.165, 1.54) is 27.5 Å². The molecule has 4 heterocycles. The van der Waals surface area contributed by atoms with Crippen molar-refractivity contribution < 1.29 is 0 Å². The zero-order valence-corrected chi connectivity index (χ0v) is 20.5. The van der Waals surface area contributed by atoms with Crippen LogP contribution in [-0.4, -0.2) is 46.3 Å². The van der Waals surface area contributed by atoms with Gasteiger partial charge in [-0.2, -0.15) is 5.10 Å². The van der Waals surface area contributed by atoms with Crippen molar-refractivity contribution in [3.63, 3.8) is 0 Å². The van der Waals surface area contributed by atoms with Crippen molar-refractivity contribution in [3.8, 4) is 0 Å². The molecule has 0 spiro atoms. The van der Waals surface area contributed by atoms with Crippen molar-refractivity contribution >= 4 is 22.4 Å². The first-order valence-electron chi connectivity index (χ1n) is 12.0. The van der Waals surface area contributed by atoms with Crippen LogP contribution >= 0.6 is 0 Å². The molecular formula is C28H32N6. The van der Waals surface area contributed by atoms with E-state index >= 15 is 0 Å². The van der Waals surface area contributed by atoms with Gasteiger partial charge in [0, 0.05) is 62.0 Å². The molecule has 1 aliphatic heterocycles. The predicted octanol–water partition coefficient (Wildman–Crippen LogP) is 4.94. The van der Waals surface area contributed by atoms with E-state index in [-0.39, 0.29) is 5.41 Å². The van der Waals surface area contributed by atoms with E-state index in [0.29, 0.717) is 0 Å². The Morgan fingerprint density at radius 3 is 2.24 bits per heavy atom. The van der Waals surface area contributed by atoms with Gasteiger partial charge < -0.3 is 9.80 Å². The lowest BCUT2D eigenvalue weighted by molar-refractivity contribution is 0.586. The maximum Gasteiger partial charge on any atom is 0.159 e. The fourth-order valence-corrected chi connectivity index (χ4v) is 4.53. The van der Waals surface area contributed by atoms with E-state index in [9.17, 15) is 0 Å². The van der Waals surface area contributed by atoms with Crippen molar-refractivity contribution in [2.45, 2.75) is 39.5 Å². The third kappa shape index (κ3) is 4.58. The number of aryl methyl sites for hydroxylation is 1. The minimum Gasteiger partial charge on any atom is -0.353 e. The van der Waals surface area contributed by atoms with Gasteiger partial charge in [-0.15, -0.1) is 5.10 Å². The Balaban J connectivity index is 1.37. The summed E-state index contributed by atoms with van der Waals surface area (Å²) in [7, 11) is 0. The van der Waals surface area contributed by atoms with E-state index in [1.54, 1.807) is 0 Å². The molecule has 0 unspecified atom stereocenters. The molecule has 0 N–H and O–H groups in total. The van der Waals surface area contributed by atoms with Crippen LogP contribution in [0, 0.1) is 6.92 Å². The topological polar surface area (TPSA) is 58.0 Å². The molecule has 1 saturated heterocycles. The summed E-state index contributed by atoms with van der Waals surface area (Å²) < 4.78 is 0. The van der Waals surface area contributed by atoms with Gasteiger partial charge in [-0.1, -0.05) is 44.5 Å². The van der Waals surface area contributed by atoms with E-state index in [2.05, 4.69) is 77.9 Å². The molecule has 4 aromatic rings. The molecule has 0 aliphatic carbocycles. The van der Waals surface area contributed by atoms with Crippen LogP contribution in [0.25, 0.3) is 10.8 Å². The molecule has 174 valence electrons. The largest absolute Gasteiger partial charge is 0.353 e. The van der Waals surface area contributed by atoms with Crippen molar-refractivity contribution in [1.82, 2.24) is 20.2 Å². The van der Waals surface area contributed by atoms with Gasteiger partial charge in [0.15, 0.2) is 5.82 Å². The zero-order valence-electron chi connectivity index (χ0n) is 20.5. The number of fused-ring (bicyclic) bond motifs is 1. The first kappa shape index (κ1) is 22.3. The monoisotopic (exact) mass is 452 g/mol. The summed E-state index contributed by atoms with van der Waals surface area (Å²) in [4.78, 5) is 13.6. The quantitative estimate of drug-likeness (QED) is 0.437. The van der Waals surface area contributed by atoms with Gasteiger partial charge in [-0.3, -0.25) is 4.98 Å². The smallest absolute Gasteiger partial charge is 0.159 e.